The zero-order chi connectivity index (χ0) is 7.40. The molecule has 4 nitrogen and oxygen atoms in total. The number of hydrogen-bond acceptors (Lipinski definition) is 4. The summed E-state index contributed by atoms with van der Waals surface area (Å²) in [5, 5.41) is 8.48. The Hall–Kier alpha value is -1.29. The molecule has 54 valence electrons. The van der Waals surface area contributed by atoms with E-state index in [4.69, 9.17) is 9.52 Å². The van der Waals surface area contributed by atoms with E-state index in [0.717, 1.165) is 0 Å². The Morgan fingerprint density at radius 2 is 2.50 bits per heavy atom. The third-order valence-corrected chi connectivity index (χ3v) is 0.957. The lowest BCUT2D eigenvalue weighted by Crippen LogP contribution is -1.84. The molecular weight excluding hydrogens is 136 g/mol. The highest BCUT2D eigenvalue weighted by molar-refractivity contribution is 5.42. The summed E-state index contributed by atoms with van der Waals surface area (Å²) in [6.07, 6.45) is 0. The van der Waals surface area contributed by atoms with Gasteiger partial charge in [0.1, 0.15) is 12.4 Å². The van der Waals surface area contributed by atoms with Crippen LogP contribution in [0.3, 0.4) is 0 Å². The molecule has 1 aromatic heterocycles. The normalized spacial score (nSPS) is 9.30. The highest BCUT2D eigenvalue weighted by atomic mass is 16.6. The van der Waals surface area contributed by atoms with Crippen LogP contribution < -0.4 is 4.74 Å². The highest BCUT2D eigenvalue weighted by Crippen LogP contribution is 2.14. The number of furan rings is 1. The first kappa shape index (κ1) is 6.82. The molecule has 0 aromatic carbocycles. The highest BCUT2D eigenvalue weighted by Gasteiger charge is 1.99. The summed E-state index contributed by atoms with van der Waals surface area (Å²) >= 11 is 0. The number of hydrogen-bond donors (Lipinski definition) is 1. The van der Waals surface area contributed by atoms with Crippen molar-refractivity contribution in [2.24, 2.45) is 0 Å². The van der Waals surface area contributed by atoms with E-state index >= 15 is 0 Å². The van der Waals surface area contributed by atoms with Crippen molar-refractivity contribution >= 4 is 6.47 Å². The summed E-state index contributed by atoms with van der Waals surface area (Å²) in [4.78, 5) is 9.73. The second kappa shape index (κ2) is 3.03. The number of carbonyl (C=O) groups excluding carboxylic acids is 1. The summed E-state index contributed by atoms with van der Waals surface area (Å²) in [6, 6.07) is 2.98. The maximum atomic E-state index is 9.73. The molecule has 0 saturated heterocycles. The van der Waals surface area contributed by atoms with E-state index in [-0.39, 0.29) is 19.0 Å². The molecule has 1 rings (SSSR count). The average Bonchev–Trinajstić information content (AvgIpc) is 2.37. The van der Waals surface area contributed by atoms with Crippen molar-refractivity contribution in [1.82, 2.24) is 0 Å². The van der Waals surface area contributed by atoms with Gasteiger partial charge in [0, 0.05) is 6.07 Å². The Balaban J connectivity index is 2.67. The molecule has 4 heteroatoms. The third kappa shape index (κ3) is 1.35. The lowest BCUT2D eigenvalue weighted by molar-refractivity contribution is -0.121. The SMILES string of the molecule is O=COc1ccc(CO)o1. The number of aliphatic hydroxyl groups excluding tert-OH is 1. The van der Waals surface area contributed by atoms with Crippen LogP contribution in [0.2, 0.25) is 0 Å². The van der Waals surface area contributed by atoms with Crippen molar-refractivity contribution in [3.8, 4) is 5.95 Å². The van der Waals surface area contributed by atoms with Gasteiger partial charge in [-0.15, -0.1) is 0 Å². The molecule has 0 aliphatic rings. The van der Waals surface area contributed by atoms with Gasteiger partial charge in [-0.3, -0.25) is 4.79 Å². The van der Waals surface area contributed by atoms with Crippen molar-refractivity contribution in [1.29, 1.82) is 0 Å². The fourth-order valence-electron chi connectivity index (χ4n) is 0.554. The fraction of sp³-hybridized carbons (Fsp3) is 0.167. The van der Waals surface area contributed by atoms with Crippen LogP contribution in [-0.2, 0) is 11.4 Å². The Labute approximate surface area is 57.0 Å². The van der Waals surface area contributed by atoms with Gasteiger partial charge in [0.25, 0.3) is 5.95 Å². The standard InChI is InChI=1S/C6H6O4/c7-3-5-1-2-6(10-5)9-4-8/h1-2,4,7H,3H2. The van der Waals surface area contributed by atoms with Crippen molar-refractivity contribution < 1.29 is 19.1 Å². The van der Waals surface area contributed by atoms with Gasteiger partial charge in [0.15, 0.2) is 0 Å². The fourth-order valence-corrected chi connectivity index (χ4v) is 0.554. The largest absolute Gasteiger partial charge is 0.428 e. The van der Waals surface area contributed by atoms with E-state index in [2.05, 4.69) is 4.74 Å². The molecule has 0 bridgehead atoms. The van der Waals surface area contributed by atoms with Gasteiger partial charge in [-0.1, -0.05) is 0 Å². The monoisotopic (exact) mass is 142 g/mol. The number of carbonyl (C=O) groups is 1. The van der Waals surface area contributed by atoms with Crippen LogP contribution >= 0.6 is 0 Å². The van der Waals surface area contributed by atoms with Gasteiger partial charge in [-0.05, 0) is 6.07 Å². The van der Waals surface area contributed by atoms with Crippen molar-refractivity contribution in [2.75, 3.05) is 0 Å². The molecule has 1 aromatic rings. The zero-order valence-electron chi connectivity index (χ0n) is 5.11. The molecule has 1 N–H and O–H groups in total. The van der Waals surface area contributed by atoms with E-state index in [1.165, 1.54) is 12.1 Å². The van der Waals surface area contributed by atoms with E-state index in [9.17, 15) is 4.79 Å². The molecule has 0 unspecified atom stereocenters. The van der Waals surface area contributed by atoms with Gasteiger partial charge in [0.05, 0.1) is 0 Å². The Morgan fingerprint density at radius 1 is 1.70 bits per heavy atom. The first-order chi connectivity index (χ1) is 4.86. The van der Waals surface area contributed by atoms with E-state index in [0.29, 0.717) is 5.76 Å². The number of rotatable bonds is 3. The molecule has 0 aliphatic heterocycles. The van der Waals surface area contributed by atoms with Crippen LogP contribution in [0.4, 0.5) is 0 Å². The molecule has 0 spiro atoms. The number of ether oxygens (including phenoxy) is 1. The minimum Gasteiger partial charge on any atom is -0.428 e. The second-order valence-corrected chi connectivity index (χ2v) is 1.59. The second-order valence-electron chi connectivity index (χ2n) is 1.59. The Kier molecular flexibility index (Phi) is 2.07. The summed E-state index contributed by atoms with van der Waals surface area (Å²) < 4.78 is 9.10. The predicted molar refractivity (Wildman–Crippen MR) is 31.3 cm³/mol. The third-order valence-electron chi connectivity index (χ3n) is 0.957. The summed E-state index contributed by atoms with van der Waals surface area (Å²) in [5.74, 6) is 0.468. The molecule has 0 fully saturated rings. The predicted octanol–water partition coefficient (Wildman–Crippen LogP) is 0.307. The molecule has 0 aliphatic carbocycles. The van der Waals surface area contributed by atoms with Crippen LogP contribution in [0.25, 0.3) is 0 Å². The smallest absolute Gasteiger partial charge is 0.300 e. The lowest BCUT2D eigenvalue weighted by atomic mass is 10.5. The molecule has 0 amide bonds. The lowest BCUT2D eigenvalue weighted by Gasteiger charge is -1.87. The van der Waals surface area contributed by atoms with Crippen LogP contribution in [0, 0.1) is 0 Å². The van der Waals surface area contributed by atoms with Gasteiger partial charge >= 0.3 is 6.47 Å². The summed E-state index contributed by atoms with van der Waals surface area (Å²) in [7, 11) is 0. The molecule has 1 heterocycles. The summed E-state index contributed by atoms with van der Waals surface area (Å²) in [6.45, 7) is 0.0716. The number of aliphatic hydroxyl groups is 1. The minimum absolute atomic E-state index is 0.0963. The summed E-state index contributed by atoms with van der Waals surface area (Å²) in [5.41, 5.74) is 0. The zero-order valence-corrected chi connectivity index (χ0v) is 5.11. The topological polar surface area (TPSA) is 59.7 Å². The van der Waals surface area contributed by atoms with Gasteiger partial charge in [0.2, 0.25) is 0 Å². The van der Waals surface area contributed by atoms with E-state index in [1.54, 1.807) is 0 Å². The maximum Gasteiger partial charge on any atom is 0.300 e. The quantitative estimate of drug-likeness (QED) is 0.617. The van der Waals surface area contributed by atoms with Gasteiger partial charge < -0.3 is 14.3 Å². The average molecular weight is 142 g/mol. The van der Waals surface area contributed by atoms with Gasteiger partial charge in [-0.2, -0.15) is 0 Å². The van der Waals surface area contributed by atoms with E-state index < -0.39 is 0 Å². The van der Waals surface area contributed by atoms with E-state index in [1.807, 2.05) is 0 Å². The molecule has 0 radical (unpaired) electrons. The van der Waals surface area contributed by atoms with Crippen molar-refractivity contribution in [2.45, 2.75) is 6.61 Å². The van der Waals surface area contributed by atoms with Crippen LogP contribution in [0.15, 0.2) is 16.5 Å². The molecule has 0 atom stereocenters. The van der Waals surface area contributed by atoms with Gasteiger partial charge in [-0.25, -0.2) is 0 Å². The first-order valence-corrected chi connectivity index (χ1v) is 2.66. The molecule has 0 saturated carbocycles. The maximum absolute atomic E-state index is 9.73. The van der Waals surface area contributed by atoms with Crippen LogP contribution in [0.1, 0.15) is 5.76 Å². The van der Waals surface area contributed by atoms with Crippen molar-refractivity contribution in [3.63, 3.8) is 0 Å². The van der Waals surface area contributed by atoms with Crippen molar-refractivity contribution in [3.05, 3.63) is 17.9 Å². The molecular formula is C6H6O4. The molecule has 10 heavy (non-hydrogen) atoms. The van der Waals surface area contributed by atoms with Crippen LogP contribution in [-0.4, -0.2) is 11.6 Å². The minimum atomic E-state index is -0.192. The Bertz CT molecular complexity index is 215. The van der Waals surface area contributed by atoms with Crippen LogP contribution in [0.5, 0.6) is 5.95 Å². The Morgan fingerprint density at radius 3 is 3.00 bits per heavy atom. The first-order valence-electron chi connectivity index (χ1n) is 2.66.